The normalized spacial score (nSPS) is 11.0. The molecule has 0 bridgehead atoms. The molecule has 0 aliphatic rings. The van der Waals surface area contributed by atoms with Crippen LogP contribution in [0.5, 0.6) is 0 Å². The van der Waals surface area contributed by atoms with Gasteiger partial charge in [-0.2, -0.15) is 0 Å². The second-order valence-corrected chi connectivity index (χ2v) is 8.30. The van der Waals surface area contributed by atoms with Crippen molar-refractivity contribution >= 4 is 56.3 Å². The standard InChI is InChI=1S/C21H15Cl2N3O2S/c1-12-17-20(29-18(12)19(27)25-14-5-3-2-4-6-14)24-11-26(21(17)28)10-13-7-8-15(22)16(23)9-13/h2-9,11H,10H2,1H3,(H,25,27). The molecular weight excluding hydrogens is 429 g/mol. The zero-order chi connectivity index (χ0) is 20.5. The molecule has 0 saturated heterocycles. The topological polar surface area (TPSA) is 64.0 Å². The molecule has 29 heavy (non-hydrogen) atoms. The van der Waals surface area contributed by atoms with Crippen LogP contribution < -0.4 is 10.9 Å². The van der Waals surface area contributed by atoms with Crippen LogP contribution in [0.3, 0.4) is 0 Å². The van der Waals surface area contributed by atoms with Crippen LogP contribution in [0.1, 0.15) is 20.8 Å². The van der Waals surface area contributed by atoms with Gasteiger partial charge in [0.2, 0.25) is 0 Å². The number of anilines is 1. The molecule has 0 saturated carbocycles. The number of rotatable bonds is 4. The van der Waals surface area contributed by atoms with Gasteiger partial charge in [0, 0.05) is 5.69 Å². The number of para-hydroxylation sites is 1. The maximum atomic E-state index is 13.0. The van der Waals surface area contributed by atoms with Gasteiger partial charge in [-0.15, -0.1) is 11.3 Å². The first kappa shape index (κ1) is 19.6. The number of nitrogens with zero attached hydrogens (tertiary/aromatic N) is 2. The molecule has 0 spiro atoms. The third kappa shape index (κ3) is 3.92. The zero-order valence-electron chi connectivity index (χ0n) is 15.3. The van der Waals surface area contributed by atoms with Gasteiger partial charge in [0.05, 0.1) is 33.2 Å². The van der Waals surface area contributed by atoms with Crippen LogP contribution in [-0.2, 0) is 6.54 Å². The molecule has 146 valence electrons. The fourth-order valence-corrected chi connectivity index (χ4v) is 4.39. The van der Waals surface area contributed by atoms with Crippen molar-refractivity contribution in [3.8, 4) is 0 Å². The monoisotopic (exact) mass is 443 g/mol. The molecular formula is C21H15Cl2N3O2S. The van der Waals surface area contributed by atoms with Crippen molar-refractivity contribution in [2.75, 3.05) is 5.32 Å². The summed E-state index contributed by atoms with van der Waals surface area (Å²) in [5.41, 5.74) is 1.95. The maximum absolute atomic E-state index is 13.0. The van der Waals surface area contributed by atoms with Gasteiger partial charge in [0.15, 0.2) is 0 Å². The summed E-state index contributed by atoms with van der Waals surface area (Å²) in [6.07, 6.45) is 1.49. The lowest BCUT2D eigenvalue weighted by Gasteiger charge is -2.07. The number of aromatic nitrogens is 2. The fourth-order valence-electron chi connectivity index (χ4n) is 3.03. The van der Waals surface area contributed by atoms with E-state index in [0.717, 1.165) is 5.56 Å². The number of halogens is 2. The molecule has 4 rings (SSSR count). The molecule has 0 aliphatic heterocycles. The molecule has 2 heterocycles. The summed E-state index contributed by atoms with van der Waals surface area (Å²) in [7, 11) is 0. The summed E-state index contributed by atoms with van der Waals surface area (Å²) >= 11 is 13.2. The molecule has 0 aliphatic carbocycles. The Bertz CT molecular complexity index is 1280. The summed E-state index contributed by atoms with van der Waals surface area (Å²) in [4.78, 5) is 31.1. The van der Waals surface area contributed by atoms with E-state index in [1.807, 2.05) is 36.4 Å². The van der Waals surface area contributed by atoms with Gasteiger partial charge < -0.3 is 5.32 Å². The third-order valence-corrected chi connectivity index (χ3v) is 6.43. The second-order valence-electron chi connectivity index (χ2n) is 6.48. The molecule has 0 fully saturated rings. The Hall–Kier alpha value is -2.67. The highest BCUT2D eigenvalue weighted by Crippen LogP contribution is 2.28. The second kappa shape index (κ2) is 7.99. The minimum absolute atomic E-state index is 0.200. The Kier molecular flexibility index (Phi) is 5.41. The number of aryl methyl sites for hydroxylation is 1. The van der Waals surface area contributed by atoms with E-state index in [9.17, 15) is 9.59 Å². The quantitative estimate of drug-likeness (QED) is 0.460. The first-order valence-corrected chi connectivity index (χ1v) is 10.3. The van der Waals surface area contributed by atoms with E-state index >= 15 is 0 Å². The van der Waals surface area contributed by atoms with Gasteiger partial charge in [-0.3, -0.25) is 14.2 Å². The van der Waals surface area contributed by atoms with Crippen molar-refractivity contribution < 1.29 is 4.79 Å². The summed E-state index contributed by atoms with van der Waals surface area (Å²) in [6, 6.07) is 14.4. The van der Waals surface area contributed by atoms with E-state index in [4.69, 9.17) is 23.2 Å². The molecule has 5 nitrogen and oxygen atoms in total. The van der Waals surface area contributed by atoms with Crippen LogP contribution in [-0.4, -0.2) is 15.5 Å². The van der Waals surface area contributed by atoms with Crippen LogP contribution in [0.2, 0.25) is 10.0 Å². The first-order valence-electron chi connectivity index (χ1n) is 8.73. The summed E-state index contributed by atoms with van der Waals surface area (Å²) in [5.74, 6) is -0.257. The Labute approximate surface area is 180 Å². The highest BCUT2D eigenvalue weighted by molar-refractivity contribution is 7.20. The number of nitrogens with one attached hydrogen (secondary N) is 1. The molecule has 0 unspecified atom stereocenters. The van der Waals surface area contributed by atoms with Gasteiger partial charge in [0.25, 0.3) is 11.5 Å². The smallest absolute Gasteiger partial charge is 0.266 e. The number of amides is 1. The SMILES string of the molecule is Cc1c(C(=O)Nc2ccccc2)sc2ncn(Cc3ccc(Cl)c(Cl)c3)c(=O)c12. The average Bonchev–Trinajstić information content (AvgIpc) is 3.05. The zero-order valence-corrected chi connectivity index (χ0v) is 17.6. The number of hydrogen-bond acceptors (Lipinski definition) is 4. The van der Waals surface area contributed by atoms with E-state index < -0.39 is 0 Å². The van der Waals surface area contributed by atoms with Gasteiger partial charge in [0.1, 0.15) is 4.83 Å². The average molecular weight is 444 g/mol. The number of carbonyl (C=O) groups is 1. The lowest BCUT2D eigenvalue weighted by Crippen LogP contribution is -2.21. The first-order chi connectivity index (χ1) is 13.9. The van der Waals surface area contributed by atoms with Crippen molar-refractivity contribution in [3.63, 3.8) is 0 Å². The van der Waals surface area contributed by atoms with Crippen molar-refractivity contribution in [1.82, 2.24) is 9.55 Å². The fraction of sp³-hybridized carbons (Fsp3) is 0.0952. The predicted molar refractivity (Wildman–Crippen MR) is 119 cm³/mol. The Morgan fingerprint density at radius 2 is 1.90 bits per heavy atom. The molecule has 1 N–H and O–H groups in total. The lowest BCUT2D eigenvalue weighted by atomic mass is 10.2. The number of carbonyl (C=O) groups excluding carboxylic acids is 1. The largest absolute Gasteiger partial charge is 0.321 e. The minimum Gasteiger partial charge on any atom is -0.321 e. The molecule has 4 aromatic rings. The van der Waals surface area contributed by atoms with Crippen LogP contribution in [0, 0.1) is 6.92 Å². The van der Waals surface area contributed by atoms with Crippen LogP contribution >= 0.6 is 34.5 Å². The number of fused-ring (bicyclic) bond motifs is 1. The Balaban J connectivity index is 1.69. The highest BCUT2D eigenvalue weighted by atomic mass is 35.5. The van der Waals surface area contributed by atoms with E-state index in [-0.39, 0.29) is 11.5 Å². The number of benzene rings is 2. The third-order valence-electron chi connectivity index (χ3n) is 4.49. The van der Waals surface area contributed by atoms with Gasteiger partial charge in [-0.05, 0) is 42.3 Å². The van der Waals surface area contributed by atoms with Crippen molar-refractivity contribution in [2.45, 2.75) is 13.5 Å². The molecule has 2 aromatic carbocycles. The van der Waals surface area contributed by atoms with Gasteiger partial charge in [-0.1, -0.05) is 47.5 Å². The molecule has 0 radical (unpaired) electrons. The number of hydrogen-bond donors (Lipinski definition) is 1. The van der Waals surface area contributed by atoms with Crippen molar-refractivity contribution in [1.29, 1.82) is 0 Å². The molecule has 2 aromatic heterocycles. The summed E-state index contributed by atoms with van der Waals surface area (Å²) in [5, 5.41) is 4.19. The molecule has 8 heteroatoms. The molecule has 1 amide bonds. The molecule has 0 atom stereocenters. The maximum Gasteiger partial charge on any atom is 0.266 e. The van der Waals surface area contributed by atoms with Crippen LogP contribution in [0.15, 0.2) is 59.7 Å². The number of thiophene rings is 1. The lowest BCUT2D eigenvalue weighted by molar-refractivity contribution is 0.103. The van der Waals surface area contributed by atoms with E-state index in [1.165, 1.54) is 22.2 Å². The van der Waals surface area contributed by atoms with E-state index in [2.05, 4.69) is 10.3 Å². The Morgan fingerprint density at radius 1 is 1.14 bits per heavy atom. The van der Waals surface area contributed by atoms with Gasteiger partial charge >= 0.3 is 0 Å². The predicted octanol–water partition coefficient (Wildman–Crippen LogP) is 5.37. The highest BCUT2D eigenvalue weighted by Gasteiger charge is 2.19. The Morgan fingerprint density at radius 3 is 2.62 bits per heavy atom. The van der Waals surface area contributed by atoms with E-state index in [1.54, 1.807) is 19.1 Å². The van der Waals surface area contributed by atoms with E-state index in [0.29, 0.717) is 42.9 Å². The summed E-state index contributed by atoms with van der Waals surface area (Å²) < 4.78 is 1.50. The van der Waals surface area contributed by atoms with Gasteiger partial charge in [-0.25, -0.2) is 4.98 Å². The minimum atomic E-state index is -0.257. The van der Waals surface area contributed by atoms with Crippen molar-refractivity contribution in [3.05, 3.63) is 91.3 Å². The van der Waals surface area contributed by atoms with Crippen molar-refractivity contribution in [2.24, 2.45) is 0 Å². The summed E-state index contributed by atoms with van der Waals surface area (Å²) in [6.45, 7) is 2.07. The van der Waals surface area contributed by atoms with Crippen LogP contribution in [0.4, 0.5) is 5.69 Å². The van der Waals surface area contributed by atoms with Crippen LogP contribution in [0.25, 0.3) is 10.2 Å².